The molecule has 1 fully saturated rings. The van der Waals surface area contributed by atoms with Crippen LogP contribution in [0.1, 0.15) is 19.4 Å². The summed E-state index contributed by atoms with van der Waals surface area (Å²) in [5.41, 5.74) is 0.786. The van der Waals surface area contributed by atoms with Crippen molar-refractivity contribution in [3.05, 3.63) is 35.9 Å². The Morgan fingerprint density at radius 1 is 1.03 bits per heavy atom. The van der Waals surface area contributed by atoms with Crippen molar-refractivity contribution in [2.24, 2.45) is 5.92 Å². The van der Waals surface area contributed by atoms with Crippen molar-refractivity contribution in [1.29, 1.82) is 0 Å². The topological polar surface area (TPSA) is 155 Å². The van der Waals surface area contributed by atoms with Crippen LogP contribution in [-0.2, 0) is 25.6 Å². The summed E-state index contributed by atoms with van der Waals surface area (Å²) in [6.07, 6.45) is -8.68. The van der Waals surface area contributed by atoms with Gasteiger partial charge in [-0.25, -0.2) is 9.59 Å². The van der Waals surface area contributed by atoms with Crippen LogP contribution in [0.15, 0.2) is 30.3 Å². The van der Waals surface area contributed by atoms with E-state index >= 15 is 0 Å². The van der Waals surface area contributed by atoms with Gasteiger partial charge in [0, 0.05) is 0 Å². The van der Waals surface area contributed by atoms with Gasteiger partial charge >= 0.3 is 12.1 Å². The summed E-state index contributed by atoms with van der Waals surface area (Å²) in [7, 11) is 0. The van der Waals surface area contributed by atoms with Gasteiger partial charge in [0.05, 0.1) is 0 Å². The highest BCUT2D eigenvalue weighted by Crippen LogP contribution is 2.20. The molecule has 5 N–H and O–H groups in total. The molecule has 29 heavy (non-hydrogen) atoms. The Hall–Kier alpha value is -2.24. The molecule has 0 saturated carbocycles. The first-order chi connectivity index (χ1) is 13.7. The van der Waals surface area contributed by atoms with Crippen LogP contribution in [0.25, 0.3) is 0 Å². The monoisotopic (exact) mass is 413 g/mol. The molecule has 1 amide bonds. The van der Waals surface area contributed by atoms with Crippen LogP contribution in [0.2, 0.25) is 0 Å². The molecule has 1 aromatic carbocycles. The van der Waals surface area contributed by atoms with E-state index in [1.54, 1.807) is 38.1 Å². The first-order valence-corrected chi connectivity index (χ1v) is 9.22. The smallest absolute Gasteiger partial charge is 0.408 e. The number of carbonyl (C=O) groups excluding carboxylic acids is 2. The molecule has 10 nitrogen and oxygen atoms in total. The lowest BCUT2D eigenvalue weighted by atomic mass is 9.99. The first-order valence-electron chi connectivity index (χ1n) is 9.22. The van der Waals surface area contributed by atoms with E-state index in [1.165, 1.54) is 0 Å². The quantitative estimate of drug-likeness (QED) is 0.364. The molecule has 162 valence electrons. The molecule has 1 aliphatic heterocycles. The zero-order chi connectivity index (χ0) is 21.6. The number of aliphatic hydroxyl groups excluding tert-OH is 4. The maximum Gasteiger partial charge on any atom is 0.408 e. The van der Waals surface area contributed by atoms with Gasteiger partial charge in [0.1, 0.15) is 43.7 Å². The van der Waals surface area contributed by atoms with Crippen LogP contribution in [0.3, 0.4) is 0 Å². The van der Waals surface area contributed by atoms with Gasteiger partial charge in [0.2, 0.25) is 0 Å². The number of esters is 1. The van der Waals surface area contributed by atoms with E-state index in [-0.39, 0.29) is 12.5 Å². The maximum absolute atomic E-state index is 12.4. The number of rotatable bonds is 7. The van der Waals surface area contributed by atoms with Crippen LogP contribution in [0.4, 0.5) is 4.79 Å². The van der Waals surface area contributed by atoms with Gasteiger partial charge in [-0.05, 0) is 11.5 Å². The summed E-state index contributed by atoms with van der Waals surface area (Å²) in [6, 6.07) is 7.99. The number of benzene rings is 1. The zero-order valence-electron chi connectivity index (χ0n) is 16.2. The lowest BCUT2D eigenvalue weighted by Gasteiger charge is -2.38. The Morgan fingerprint density at radius 3 is 2.31 bits per heavy atom. The Morgan fingerprint density at radius 2 is 1.69 bits per heavy atom. The summed E-state index contributed by atoms with van der Waals surface area (Å²) in [4.78, 5) is 24.4. The summed E-state index contributed by atoms with van der Waals surface area (Å²) in [5, 5.41) is 40.9. The second-order valence-electron chi connectivity index (χ2n) is 7.09. The third kappa shape index (κ3) is 6.38. The Labute approximate surface area is 168 Å². The largest absolute Gasteiger partial charge is 0.461 e. The number of hydrogen-bond donors (Lipinski definition) is 5. The van der Waals surface area contributed by atoms with Crippen molar-refractivity contribution in [2.45, 2.75) is 57.2 Å². The Balaban J connectivity index is 1.86. The average molecular weight is 413 g/mol. The fourth-order valence-corrected chi connectivity index (χ4v) is 2.71. The van der Waals surface area contributed by atoms with Gasteiger partial charge in [-0.3, -0.25) is 0 Å². The molecule has 0 spiro atoms. The van der Waals surface area contributed by atoms with E-state index in [0.29, 0.717) is 0 Å². The number of hydrogen-bond acceptors (Lipinski definition) is 9. The van der Waals surface area contributed by atoms with Gasteiger partial charge in [0.25, 0.3) is 0 Å². The number of amides is 1. The molecule has 10 heteroatoms. The van der Waals surface area contributed by atoms with E-state index in [2.05, 4.69) is 5.32 Å². The van der Waals surface area contributed by atoms with E-state index in [0.717, 1.165) is 5.56 Å². The second-order valence-corrected chi connectivity index (χ2v) is 7.09. The number of nitrogens with one attached hydrogen (secondary N) is 1. The number of aliphatic hydroxyl groups is 4. The highest BCUT2D eigenvalue weighted by molar-refractivity contribution is 5.81. The third-order valence-corrected chi connectivity index (χ3v) is 4.48. The molecule has 0 unspecified atom stereocenters. The standard InChI is InChI=1S/C19H27NO9/c1-10(2)13(20-19(26)28-8-11-6-4-3-5-7-11)17(24)27-9-12-14(21)15(22)16(23)18(25)29-12/h3-7,10,12-16,18,21-23,25H,8-9H2,1-2H3,(H,20,26)/t12-,13+,14-,15-,16-,18-/m0/s1. The molecule has 2 rings (SSSR count). The molecule has 0 aromatic heterocycles. The summed E-state index contributed by atoms with van der Waals surface area (Å²) < 4.78 is 15.1. The van der Waals surface area contributed by atoms with Crippen LogP contribution in [0, 0.1) is 5.92 Å². The predicted molar refractivity (Wildman–Crippen MR) is 98.2 cm³/mol. The molecule has 0 aliphatic carbocycles. The van der Waals surface area contributed by atoms with Crippen molar-refractivity contribution in [1.82, 2.24) is 5.32 Å². The fraction of sp³-hybridized carbons (Fsp3) is 0.579. The zero-order valence-corrected chi connectivity index (χ0v) is 16.2. The van der Waals surface area contributed by atoms with Crippen LogP contribution < -0.4 is 5.32 Å². The fourth-order valence-electron chi connectivity index (χ4n) is 2.71. The number of ether oxygens (including phenoxy) is 3. The van der Waals surface area contributed by atoms with E-state index < -0.39 is 55.4 Å². The molecule has 6 atom stereocenters. The van der Waals surface area contributed by atoms with Gasteiger partial charge in [-0.2, -0.15) is 0 Å². The Kier molecular flexibility index (Phi) is 8.35. The lowest BCUT2D eigenvalue weighted by molar-refractivity contribution is -0.287. The van der Waals surface area contributed by atoms with E-state index in [1.807, 2.05) is 6.07 Å². The van der Waals surface area contributed by atoms with Crippen molar-refractivity contribution >= 4 is 12.1 Å². The van der Waals surface area contributed by atoms with Crippen molar-refractivity contribution in [3.8, 4) is 0 Å². The van der Waals surface area contributed by atoms with E-state index in [9.17, 15) is 30.0 Å². The lowest BCUT2D eigenvalue weighted by Crippen LogP contribution is -2.59. The number of carbonyl (C=O) groups is 2. The van der Waals surface area contributed by atoms with E-state index in [4.69, 9.17) is 14.2 Å². The van der Waals surface area contributed by atoms with Crippen LogP contribution in [0.5, 0.6) is 0 Å². The molecule has 1 aromatic rings. The van der Waals surface area contributed by atoms with Crippen LogP contribution >= 0.6 is 0 Å². The molecule has 0 bridgehead atoms. The number of alkyl carbamates (subject to hydrolysis) is 1. The highest BCUT2D eigenvalue weighted by Gasteiger charge is 2.43. The molecule has 1 saturated heterocycles. The maximum atomic E-state index is 12.4. The third-order valence-electron chi connectivity index (χ3n) is 4.48. The minimum absolute atomic E-state index is 0.0345. The first kappa shape index (κ1) is 23.0. The second kappa shape index (κ2) is 10.5. The summed E-state index contributed by atoms with van der Waals surface area (Å²) >= 11 is 0. The SMILES string of the molecule is CC(C)[C@@H](NC(=O)OCc1ccccc1)C(=O)OC[C@@H]1O[C@H](O)[C@@H](O)[C@@H](O)[C@H]1O. The summed E-state index contributed by atoms with van der Waals surface area (Å²) in [6.45, 7) is 2.93. The molecule has 1 heterocycles. The van der Waals surface area contributed by atoms with Gasteiger partial charge in [0.15, 0.2) is 6.29 Å². The van der Waals surface area contributed by atoms with Gasteiger partial charge in [-0.15, -0.1) is 0 Å². The van der Waals surface area contributed by atoms with Crippen molar-refractivity contribution in [3.63, 3.8) is 0 Å². The normalized spacial score (nSPS) is 27.9. The van der Waals surface area contributed by atoms with Crippen molar-refractivity contribution in [2.75, 3.05) is 6.61 Å². The summed E-state index contributed by atoms with van der Waals surface area (Å²) in [5.74, 6) is -1.13. The molecule has 1 aliphatic rings. The van der Waals surface area contributed by atoms with Gasteiger partial charge in [-0.1, -0.05) is 44.2 Å². The highest BCUT2D eigenvalue weighted by atomic mass is 16.7. The molecular weight excluding hydrogens is 386 g/mol. The Bertz CT molecular complexity index is 669. The van der Waals surface area contributed by atoms with Crippen LogP contribution in [-0.4, -0.2) is 75.8 Å². The minimum Gasteiger partial charge on any atom is -0.461 e. The molecular formula is C19H27NO9. The van der Waals surface area contributed by atoms with Crippen molar-refractivity contribution < 1.29 is 44.2 Å². The molecule has 0 radical (unpaired) electrons. The predicted octanol–water partition coefficient (Wildman–Crippen LogP) is -0.719. The average Bonchev–Trinajstić information content (AvgIpc) is 2.70. The minimum atomic E-state index is -1.73. The van der Waals surface area contributed by atoms with Gasteiger partial charge < -0.3 is 40.0 Å².